The van der Waals surface area contributed by atoms with Gasteiger partial charge in [-0.25, -0.2) is 9.97 Å². The second-order valence-electron chi connectivity index (χ2n) is 5.88. The predicted molar refractivity (Wildman–Crippen MR) is 81.2 cm³/mol. The van der Waals surface area contributed by atoms with E-state index in [0.717, 1.165) is 37.1 Å². The number of pyridine rings is 1. The lowest BCUT2D eigenvalue weighted by molar-refractivity contribution is -0.126. The van der Waals surface area contributed by atoms with E-state index in [1.54, 1.807) is 18.7 Å². The molecule has 3 rings (SSSR count). The van der Waals surface area contributed by atoms with Crippen molar-refractivity contribution in [3.8, 4) is 5.82 Å². The smallest absolute Gasteiger partial charge is 0.223 e. The third-order valence-electron chi connectivity index (χ3n) is 4.09. The molecule has 22 heavy (non-hydrogen) atoms. The fourth-order valence-electron chi connectivity index (χ4n) is 2.84. The van der Waals surface area contributed by atoms with Crippen LogP contribution in [0.4, 0.5) is 0 Å². The molecule has 0 radical (unpaired) electrons. The average Bonchev–Trinajstić information content (AvgIpc) is 3.17. The van der Waals surface area contributed by atoms with Crippen molar-refractivity contribution in [2.24, 2.45) is 0 Å². The lowest BCUT2D eigenvalue weighted by atomic mass is 9.98. The largest absolute Gasteiger partial charge is 0.389 e. The number of aliphatic hydroxyl groups is 1. The summed E-state index contributed by atoms with van der Waals surface area (Å²) < 4.78 is 1.82. The zero-order chi connectivity index (χ0) is 15.4. The van der Waals surface area contributed by atoms with Crippen LogP contribution in [0.2, 0.25) is 0 Å². The number of nitrogens with one attached hydrogen (secondary N) is 1. The first-order valence-electron chi connectivity index (χ1n) is 7.57. The Bertz CT molecular complexity index is 616. The minimum Gasteiger partial charge on any atom is -0.389 e. The van der Waals surface area contributed by atoms with Gasteiger partial charge in [-0.1, -0.05) is 18.9 Å². The van der Waals surface area contributed by atoms with E-state index < -0.39 is 5.60 Å². The molecule has 0 unspecified atom stereocenters. The Kier molecular flexibility index (Phi) is 4.20. The number of nitrogens with zero attached hydrogens (tertiary/aromatic N) is 3. The van der Waals surface area contributed by atoms with Crippen molar-refractivity contribution < 1.29 is 9.90 Å². The van der Waals surface area contributed by atoms with E-state index in [1.165, 1.54) is 0 Å². The maximum absolute atomic E-state index is 11.9. The number of amides is 1. The van der Waals surface area contributed by atoms with Crippen LogP contribution in [0.15, 0.2) is 37.1 Å². The number of hydrogen-bond acceptors (Lipinski definition) is 4. The zero-order valence-electron chi connectivity index (χ0n) is 12.4. The van der Waals surface area contributed by atoms with Crippen LogP contribution in [0, 0.1) is 0 Å². The fourth-order valence-corrected chi connectivity index (χ4v) is 2.84. The minimum atomic E-state index is -0.798. The van der Waals surface area contributed by atoms with Crippen LogP contribution < -0.4 is 5.32 Å². The summed E-state index contributed by atoms with van der Waals surface area (Å²) in [5.74, 6) is 0.677. The molecule has 0 bridgehead atoms. The molecule has 0 aliphatic heterocycles. The summed E-state index contributed by atoms with van der Waals surface area (Å²) in [5, 5.41) is 13.1. The number of rotatable bonds is 5. The Hall–Kier alpha value is -2.21. The average molecular weight is 300 g/mol. The van der Waals surface area contributed by atoms with Crippen molar-refractivity contribution in [1.29, 1.82) is 0 Å². The van der Waals surface area contributed by atoms with Gasteiger partial charge in [-0.2, -0.15) is 0 Å². The van der Waals surface area contributed by atoms with Crippen LogP contribution >= 0.6 is 0 Å². The Balaban J connectivity index is 1.52. The lowest BCUT2D eigenvalue weighted by Gasteiger charge is -2.21. The van der Waals surface area contributed by atoms with Gasteiger partial charge in [-0.3, -0.25) is 9.36 Å². The van der Waals surface area contributed by atoms with Crippen molar-refractivity contribution in [3.63, 3.8) is 0 Å². The molecule has 2 heterocycles. The highest BCUT2D eigenvalue weighted by Gasteiger charge is 2.33. The van der Waals surface area contributed by atoms with Gasteiger partial charge in [0.15, 0.2) is 0 Å². The molecule has 0 atom stereocenters. The summed E-state index contributed by atoms with van der Waals surface area (Å²) >= 11 is 0. The molecule has 6 nitrogen and oxygen atoms in total. The maximum atomic E-state index is 11.9. The first kappa shape index (κ1) is 14.7. The molecule has 0 spiro atoms. The van der Waals surface area contributed by atoms with E-state index in [9.17, 15) is 9.90 Å². The van der Waals surface area contributed by atoms with Crippen LogP contribution in [-0.2, 0) is 11.3 Å². The SMILES string of the molecule is O=C(CC1(O)CCCC1)NCc1ccc(-n2ccnc2)nc1. The van der Waals surface area contributed by atoms with Gasteiger partial charge in [0.1, 0.15) is 12.1 Å². The van der Waals surface area contributed by atoms with Gasteiger partial charge < -0.3 is 10.4 Å². The van der Waals surface area contributed by atoms with E-state index >= 15 is 0 Å². The summed E-state index contributed by atoms with van der Waals surface area (Å²) in [7, 11) is 0. The third-order valence-corrected chi connectivity index (χ3v) is 4.09. The van der Waals surface area contributed by atoms with Crippen LogP contribution in [0.1, 0.15) is 37.7 Å². The minimum absolute atomic E-state index is 0.108. The first-order chi connectivity index (χ1) is 10.6. The van der Waals surface area contributed by atoms with E-state index in [1.807, 2.05) is 22.9 Å². The second-order valence-corrected chi connectivity index (χ2v) is 5.88. The van der Waals surface area contributed by atoms with Crippen molar-refractivity contribution >= 4 is 5.91 Å². The van der Waals surface area contributed by atoms with Gasteiger partial charge in [0.05, 0.1) is 12.0 Å². The summed E-state index contributed by atoms with van der Waals surface area (Å²) in [6.07, 6.45) is 10.6. The molecule has 0 saturated heterocycles. The molecular formula is C16H20N4O2. The van der Waals surface area contributed by atoms with Gasteiger partial charge >= 0.3 is 0 Å². The standard InChI is InChI=1S/C16H20N4O2/c21-15(9-16(22)5-1-2-6-16)19-11-13-3-4-14(18-10-13)20-8-7-17-12-20/h3-4,7-8,10,12,22H,1-2,5-6,9,11H2,(H,19,21). The van der Waals surface area contributed by atoms with Gasteiger partial charge in [-0.05, 0) is 24.5 Å². The predicted octanol–water partition coefficient (Wildman–Crippen LogP) is 1.58. The van der Waals surface area contributed by atoms with Crippen molar-refractivity contribution in [1.82, 2.24) is 19.9 Å². The van der Waals surface area contributed by atoms with Crippen LogP contribution in [-0.4, -0.2) is 31.1 Å². The maximum Gasteiger partial charge on any atom is 0.223 e. The third kappa shape index (κ3) is 3.51. The molecule has 2 aromatic rings. The molecule has 1 saturated carbocycles. The topological polar surface area (TPSA) is 80.0 Å². The van der Waals surface area contributed by atoms with E-state index in [-0.39, 0.29) is 12.3 Å². The van der Waals surface area contributed by atoms with Crippen molar-refractivity contribution in [3.05, 3.63) is 42.6 Å². The first-order valence-corrected chi connectivity index (χ1v) is 7.57. The Morgan fingerprint density at radius 2 is 2.18 bits per heavy atom. The fraction of sp³-hybridized carbons (Fsp3) is 0.438. The lowest BCUT2D eigenvalue weighted by Crippen LogP contribution is -2.34. The molecule has 1 amide bonds. The molecule has 6 heteroatoms. The monoisotopic (exact) mass is 300 g/mol. The van der Waals surface area contributed by atoms with Gasteiger partial charge in [0.25, 0.3) is 0 Å². The highest BCUT2D eigenvalue weighted by atomic mass is 16.3. The summed E-state index contributed by atoms with van der Waals surface area (Å²) in [6, 6.07) is 3.81. The number of carbonyl (C=O) groups excluding carboxylic acids is 1. The van der Waals surface area contributed by atoms with Crippen LogP contribution in [0.5, 0.6) is 0 Å². The highest BCUT2D eigenvalue weighted by molar-refractivity contribution is 5.77. The highest BCUT2D eigenvalue weighted by Crippen LogP contribution is 2.32. The number of aromatic nitrogens is 3. The normalized spacial score (nSPS) is 16.6. The Morgan fingerprint density at radius 3 is 2.82 bits per heavy atom. The number of hydrogen-bond donors (Lipinski definition) is 2. The Morgan fingerprint density at radius 1 is 1.36 bits per heavy atom. The van der Waals surface area contributed by atoms with Crippen LogP contribution in [0.3, 0.4) is 0 Å². The molecule has 0 aromatic carbocycles. The van der Waals surface area contributed by atoms with E-state index in [0.29, 0.717) is 6.54 Å². The number of imidazole rings is 1. The van der Waals surface area contributed by atoms with E-state index in [2.05, 4.69) is 15.3 Å². The van der Waals surface area contributed by atoms with Crippen molar-refractivity contribution in [2.45, 2.75) is 44.2 Å². The molecule has 1 aliphatic carbocycles. The summed E-state index contributed by atoms with van der Waals surface area (Å²) in [6.45, 7) is 0.423. The molecule has 2 N–H and O–H groups in total. The molecular weight excluding hydrogens is 280 g/mol. The second kappa shape index (κ2) is 6.27. The van der Waals surface area contributed by atoms with Gasteiger partial charge in [-0.15, -0.1) is 0 Å². The zero-order valence-corrected chi connectivity index (χ0v) is 12.4. The molecule has 2 aromatic heterocycles. The Labute approximate surface area is 129 Å². The summed E-state index contributed by atoms with van der Waals surface area (Å²) in [5.41, 5.74) is 0.129. The summed E-state index contributed by atoms with van der Waals surface area (Å²) in [4.78, 5) is 20.2. The van der Waals surface area contributed by atoms with Gasteiger partial charge in [0, 0.05) is 25.1 Å². The van der Waals surface area contributed by atoms with Crippen LogP contribution in [0.25, 0.3) is 5.82 Å². The quantitative estimate of drug-likeness (QED) is 0.878. The molecule has 116 valence electrons. The molecule has 1 fully saturated rings. The van der Waals surface area contributed by atoms with Crippen molar-refractivity contribution in [2.75, 3.05) is 0 Å². The molecule has 1 aliphatic rings. The van der Waals surface area contributed by atoms with Gasteiger partial charge in [0.2, 0.25) is 5.91 Å². The van der Waals surface area contributed by atoms with E-state index in [4.69, 9.17) is 0 Å². The number of carbonyl (C=O) groups is 1.